The molecular formula is C15H16ClFN2O2. The number of halogens is 2. The van der Waals surface area contributed by atoms with Crippen molar-refractivity contribution in [2.75, 3.05) is 14.2 Å². The maximum Gasteiger partial charge on any atom is 0.128 e. The summed E-state index contributed by atoms with van der Waals surface area (Å²) in [4.78, 5) is 0. The standard InChI is InChI=1S/C15H16ClFN2O2/c1-20-10-4-6-14(21-2)12(8-10)15(19-18)11-7-9(16)3-5-13(11)17/h3-8,15,19H,18H2,1-2H3. The molecule has 2 aromatic rings. The Morgan fingerprint density at radius 3 is 2.48 bits per heavy atom. The van der Waals surface area contributed by atoms with Gasteiger partial charge in [0.15, 0.2) is 0 Å². The Bertz CT molecular complexity index is 637. The minimum absolute atomic E-state index is 0.330. The van der Waals surface area contributed by atoms with Crippen molar-refractivity contribution in [1.82, 2.24) is 5.43 Å². The first-order valence-corrected chi connectivity index (χ1v) is 6.61. The van der Waals surface area contributed by atoms with Gasteiger partial charge in [-0.05, 0) is 36.4 Å². The molecule has 4 nitrogen and oxygen atoms in total. The van der Waals surface area contributed by atoms with E-state index in [1.807, 2.05) is 0 Å². The first-order chi connectivity index (χ1) is 10.1. The van der Waals surface area contributed by atoms with Gasteiger partial charge in [-0.3, -0.25) is 5.84 Å². The number of ether oxygens (including phenoxy) is 2. The van der Waals surface area contributed by atoms with Crippen LogP contribution in [0.3, 0.4) is 0 Å². The summed E-state index contributed by atoms with van der Waals surface area (Å²) < 4.78 is 24.6. The van der Waals surface area contributed by atoms with E-state index in [0.29, 0.717) is 27.6 Å². The van der Waals surface area contributed by atoms with Crippen LogP contribution < -0.4 is 20.7 Å². The van der Waals surface area contributed by atoms with Crippen LogP contribution >= 0.6 is 11.6 Å². The number of hydrogen-bond acceptors (Lipinski definition) is 4. The van der Waals surface area contributed by atoms with Gasteiger partial charge in [0, 0.05) is 16.1 Å². The molecule has 0 aliphatic rings. The first-order valence-electron chi connectivity index (χ1n) is 6.23. The highest BCUT2D eigenvalue weighted by molar-refractivity contribution is 6.30. The summed E-state index contributed by atoms with van der Waals surface area (Å²) in [5.41, 5.74) is 3.58. The van der Waals surface area contributed by atoms with Gasteiger partial charge in [-0.25, -0.2) is 9.82 Å². The fraction of sp³-hybridized carbons (Fsp3) is 0.200. The van der Waals surface area contributed by atoms with Crippen LogP contribution in [-0.2, 0) is 0 Å². The van der Waals surface area contributed by atoms with Gasteiger partial charge in [-0.1, -0.05) is 11.6 Å². The third kappa shape index (κ3) is 3.26. The summed E-state index contributed by atoms with van der Waals surface area (Å²) in [6.07, 6.45) is 0. The Balaban J connectivity index is 2.57. The van der Waals surface area contributed by atoms with Gasteiger partial charge in [-0.2, -0.15) is 0 Å². The number of nitrogens with one attached hydrogen (secondary N) is 1. The number of benzene rings is 2. The van der Waals surface area contributed by atoms with E-state index < -0.39 is 11.9 Å². The molecule has 0 aliphatic heterocycles. The van der Waals surface area contributed by atoms with E-state index in [4.69, 9.17) is 26.9 Å². The predicted molar refractivity (Wildman–Crippen MR) is 80.1 cm³/mol. The van der Waals surface area contributed by atoms with E-state index in [1.165, 1.54) is 25.3 Å². The topological polar surface area (TPSA) is 56.5 Å². The van der Waals surface area contributed by atoms with Crippen molar-refractivity contribution < 1.29 is 13.9 Å². The maximum absolute atomic E-state index is 14.1. The molecule has 0 aliphatic carbocycles. The highest BCUT2D eigenvalue weighted by atomic mass is 35.5. The third-order valence-electron chi connectivity index (χ3n) is 3.18. The van der Waals surface area contributed by atoms with E-state index in [9.17, 15) is 4.39 Å². The molecule has 0 amide bonds. The van der Waals surface area contributed by atoms with Crippen LogP contribution in [0.1, 0.15) is 17.2 Å². The summed E-state index contributed by atoms with van der Waals surface area (Å²) in [5, 5.41) is 0.425. The van der Waals surface area contributed by atoms with Gasteiger partial charge < -0.3 is 9.47 Å². The minimum atomic E-state index is -0.617. The summed E-state index contributed by atoms with van der Waals surface area (Å²) in [5.74, 6) is 6.39. The van der Waals surface area contributed by atoms with E-state index >= 15 is 0 Å². The van der Waals surface area contributed by atoms with Crippen LogP contribution in [0, 0.1) is 5.82 Å². The van der Waals surface area contributed by atoms with Crippen LogP contribution in [0.15, 0.2) is 36.4 Å². The van der Waals surface area contributed by atoms with Crippen LogP contribution in [0.4, 0.5) is 4.39 Å². The Hall–Kier alpha value is -1.82. The van der Waals surface area contributed by atoms with Gasteiger partial charge in [-0.15, -0.1) is 0 Å². The fourth-order valence-corrected chi connectivity index (χ4v) is 2.33. The predicted octanol–water partition coefficient (Wildman–Crippen LogP) is 3.05. The number of hydrazine groups is 1. The van der Waals surface area contributed by atoms with Crippen molar-refractivity contribution in [2.24, 2.45) is 5.84 Å². The van der Waals surface area contributed by atoms with Crippen molar-refractivity contribution >= 4 is 11.6 Å². The molecule has 1 atom stereocenters. The van der Waals surface area contributed by atoms with E-state index in [2.05, 4.69) is 5.43 Å². The Morgan fingerprint density at radius 2 is 1.86 bits per heavy atom. The second-order valence-electron chi connectivity index (χ2n) is 4.37. The van der Waals surface area contributed by atoms with Gasteiger partial charge in [0.1, 0.15) is 17.3 Å². The molecule has 2 aromatic carbocycles. The van der Waals surface area contributed by atoms with E-state index in [1.54, 1.807) is 25.3 Å². The lowest BCUT2D eigenvalue weighted by Crippen LogP contribution is -2.30. The smallest absolute Gasteiger partial charge is 0.128 e. The normalized spacial score (nSPS) is 12.0. The van der Waals surface area contributed by atoms with Gasteiger partial charge in [0.25, 0.3) is 0 Å². The molecule has 0 radical (unpaired) electrons. The van der Waals surface area contributed by atoms with Crippen LogP contribution in [0.5, 0.6) is 11.5 Å². The first kappa shape index (κ1) is 15.6. The summed E-state index contributed by atoms with van der Waals surface area (Å²) in [6.45, 7) is 0. The Kier molecular flexibility index (Phi) is 5.01. The zero-order valence-electron chi connectivity index (χ0n) is 11.7. The summed E-state index contributed by atoms with van der Waals surface area (Å²) >= 11 is 5.95. The number of nitrogens with two attached hydrogens (primary N) is 1. The quantitative estimate of drug-likeness (QED) is 0.658. The molecule has 0 aromatic heterocycles. The lowest BCUT2D eigenvalue weighted by Gasteiger charge is -2.21. The number of hydrogen-bond donors (Lipinski definition) is 2. The lowest BCUT2D eigenvalue weighted by atomic mass is 9.97. The summed E-state index contributed by atoms with van der Waals surface area (Å²) in [6, 6.07) is 8.93. The molecule has 0 heterocycles. The van der Waals surface area contributed by atoms with Crippen LogP contribution in [-0.4, -0.2) is 14.2 Å². The van der Waals surface area contributed by atoms with Crippen molar-refractivity contribution in [3.63, 3.8) is 0 Å². The molecule has 2 rings (SSSR count). The maximum atomic E-state index is 14.1. The van der Waals surface area contributed by atoms with Crippen molar-refractivity contribution in [2.45, 2.75) is 6.04 Å². The Labute approximate surface area is 127 Å². The minimum Gasteiger partial charge on any atom is -0.497 e. The summed E-state index contributed by atoms with van der Waals surface area (Å²) in [7, 11) is 3.09. The monoisotopic (exact) mass is 310 g/mol. The van der Waals surface area contributed by atoms with E-state index in [-0.39, 0.29) is 0 Å². The Morgan fingerprint density at radius 1 is 1.10 bits per heavy atom. The molecule has 0 fully saturated rings. The third-order valence-corrected chi connectivity index (χ3v) is 3.42. The molecule has 21 heavy (non-hydrogen) atoms. The molecule has 0 saturated carbocycles. The van der Waals surface area contributed by atoms with Crippen LogP contribution in [0.2, 0.25) is 5.02 Å². The SMILES string of the molecule is COc1ccc(OC)c(C(NN)c2cc(Cl)ccc2F)c1. The molecule has 0 bridgehead atoms. The zero-order valence-corrected chi connectivity index (χ0v) is 12.4. The molecule has 0 saturated heterocycles. The van der Waals surface area contributed by atoms with Crippen molar-refractivity contribution in [1.29, 1.82) is 0 Å². The molecule has 1 unspecified atom stereocenters. The average molecular weight is 311 g/mol. The average Bonchev–Trinajstić information content (AvgIpc) is 2.51. The molecular weight excluding hydrogens is 295 g/mol. The van der Waals surface area contributed by atoms with Crippen molar-refractivity contribution in [3.8, 4) is 11.5 Å². The lowest BCUT2D eigenvalue weighted by molar-refractivity contribution is 0.393. The molecule has 112 valence electrons. The van der Waals surface area contributed by atoms with Crippen molar-refractivity contribution in [3.05, 3.63) is 58.4 Å². The second kappa shape index (κ2) is 6.76. The molecule has 0 spiro atoms. The van der Waals surface area contributed by atoms with Gasteiger partial charge >= 0.3 is 0 Å². The number of rotatable bonds is 5. The highest BCUT2D eigenvalue weighted by Gasteiger charge is 2.21. The largest absolute Gasteiger partial charge is 0.497 e. The van der Waals surface area contributed by atoms with Gasteiger partial charge in [0.2, 0.25) is 0 Å². The van der Waals surface area contributed by atoms with E-state index in [0.717, 1.165) is 0 Å². The highest BCUT2D eigenvalue weighted by Crippen LogP contribution is 2.34. The fourth-order valence-electron chi connectivity index (χ4n) is 2.15. The number of methoxy groups -OCH3 is 2. The molecule has 3 N–H and O–H groups in total. The second-order valence-corrected chi connectivity index (χ2v) is 4.81. The molecule has 6 heteroatoms. The van der Waals surface area contributed by atoms with Crippen LogP contribution in [0.25, 0.3) is 0 Å². The zero-order chi connectivity index (χ0) is 15.4. The van der Waals surface area contributed by atoms with Gasteiger partial charge in [0.05, 0.1) is 20.3 Å².